The number of rotatable bonds is 12. The van der Waals surface area contributed by atoms with Crippen molar-refractivity contribution in [3.8, 4) is 17.2 Å². The zero-order chi connectivity index (χ0) is 31.1. The third kappa shape index (κ3) is 6.65. The van der Waals surface area contributed by atoms with Gasteiger partial charge in [-0.2, -0.15) is 0 Å². The first kappa shape index (κ1) is 30.9. The van der Waals surface area contributed by atoms with Crippen LogP contribution in [0.25, 0.3) is 0 Å². The largest absolute Gasteiger partial charge is 0.493 e. The molecule has 3 aromatic rings. The molecule has 1 aliphatic heterocycles. The molecule has 1 N–H and O–H groups in total. The molecule has 2 atom stereocenters. The Morgan fingerprint density at radius 3 is 2.39 bits per heavy atom. The fraction of sp³-hybridized carbons (Fsp3) is 0.333. The van der Waals surface area contributed by atoms with Crippen molar-refractivity contribution >= 4 is 11.8 Å². The van der Waals surface area contributed by atoms with E-state index in [1.54, 1.807) is 14.2 Å². The maximum atomic E-state index is 14.1. The summed E-state index contributed by atoms with van der Waals surface area (Å²) in [4.78, 5) is 27.8. The van der Waals surface area contributed by atoms with Crippen LogP contribution in [0.5, 0.6) is 17.2 Å². The smallest absolute Gasteiger partial charge is 0.336 e. The van der Waals surface area contributed by atoms with Crippen molar-refractivity contribution in [1.29, 1.82) is 0 Å². The van der Waals surface area contributed by atoms with E-state index >= 15 is 0 Å². The summed E-state index contributed by atoms with van der Waals surface area (Å²) in [6, 6.07) is 23.3. The normalized spacial score (nSPS) is 18.0. The van der Waals surface area contributed by atoms with Crippen molar-refractivity contribution in [3.05, 3.63) is 112 Å². The summed E-state index contributed by atoms with van der Waals surface area (Å²) in [6.45, 7) is 5.03. The Morgan fingerprint density at radius 1 is 0.886 bits per heavy atom. The standard InChI is InChI=1S/C36H39NO7/c1-5-42-17-18-43-36(39)33-23(2)37-28-19-26(25-15-16-31(40-3)32(21-25)41-4)20-29(38)35(28)34(33)27-13-9-10-14-30(27)44-22-24-11-7-6-8-12-24/h6-16,21,26,34,37H,5,17-20,22H2,1-4H3/t26-,34+/m0/s1. The van der Waals surface area contributed by atoms with Gasteiger partial charge in [0.1, 0.15) is 19.0 Å². The number of esters is 1. The first-order chi connectivity index (χ1) is 21.4. The monoisotopic (exact) mass is 597 g/mol. The average molecular weight is 598 g/mol. The molecule has 230 valence electrons. The lowest BCUT2D eigenvalue weighted by Gasteiger charge is -2.37. The highest BCUT2D eigenvalue weighted by molar-refractivity contribution is 6.04. The summed E-state index contributed by atoms with van der Waals surface area (Å²) in [5.74, 6) is 0.601. The van der Waals surface area contributed by atoms with Gasteiger partial charge in [-0.15, -0.1) is 0 Å². The van der Waals surface area contributed by atoms with E-state index < -0.39 is 11.9 Å². The second kappa shape index (κ2) is 14.3. The van der Waals surface area contributed by atoms with Crippen LogP contribution in [0.2, 0.25) is 0 Å². The molecule has 0 spiro atoms. The Bertz CT molecular complexity index is 1560. The highest BCUT2D eigenvalue weighted by Crippen LogP contribution is 2.48. The Balaban J connectivity index is 1.53. The lowest BCUT2D eigenvalue weighted by molar-refractivity contribution is -0.140. The molecule has 1 heterocycles. The van der Waals surface area contributed by atoms with Crippen LogP contribution in [0, 0.1) is 0 Å². The van der Waals surface area contributed by atoms with Gasteiger partial charge in [0.2, 0.25) is 0 Å². The summed E-state index contributed by atoms with van der Waals surface area (Å²) < 4.78 is 28.3. The van der Waals surface area contributed by atoms with Crippen molar-refractivity contribution in [1.82, 2.24) is 5.32 Å². The molecule has 0 saturated heterocycles. The molecule has 0 unspecified atom stereocenters. The summed E-state index contributed by atoms with van der Waals surface area (Å²) in [5, 5.41) is 3.42. The first-order valence-corrected chi connectivity index (χ1v) is 14.9. The van der Waals surface area contributed by atoms with Gasteiger partial charge in [0.25, 0.3) is 0 Å². The molecule has 0 radical (unpaired) electrons. The van der Waals surface area contributed by atoms with Crippen molar-refractivity contribution < 1.29 is 33.3 Å². The van der Waals surface area contributed by atoms with E-state index in [2.05, 4.69) is 5.32 Å². The third-order valence-corrected chi connectivity index (χ3v) is 8.06. The van der Waals surface area contributed by atoms with Crippen molar-refractivity contribution in [2.75, 3.05) is 34.0 Å². The third-order valence-electron chi connectivity index (χ3n) is 8.06. The number of allylic oxidation sites excluding steroid dienone is 3. The minimum atomic E-state index is -0.656. The number of nitrogens with one attached hydrogen (secondary N) is 1. The maximum Gasteiger partial charge on any atom is 0.336 e. The van der Waals surface area contributed by atoms with E-state index in [-0.39, 0.29) is 24.7 Å². The van der Waals surface area contributed by atoms with E-state index in [0.717, 1.165) is 22.4 Å². The predicted molar refractivity (Wildman–Crippen MR) is 167 cm³/mol. The molecular formula is C36H39NO7. The first-order valence-electron chi connectivity index (χ1n) is 14.9. The number of hydrogen-bond donors (Lipinski definition) is 1. The van der Waals surface area contributed by atoms with Crippen LogP contribution in [0.1, 0.15) is 55.2 Å². The van der Waals surface area contributed by atoms with Gasteiger partial charge in [-0.05, 0) is 55.5 Å². The number of Topliss-reactive ketones (excluding diaryl/α,β-unsaturated/α-hetero) is 1. The van der Waals surface area contributed by atoms with Crippen LogP contribution < -0.4 is 19.5 Å². The number of carbonyl (C=O) groups is 2. The number of ketones is 1. The van der Waals surface area contributed by atoms with Gasteiger partial charge in [0.05, 0.1) is 32.3 Å². The van der Waals surface area contributed by atoms with Crippen molar-refractivity contribution in [2.24, 2.45) is 0 Å². The maximum absolute atomic E-state index is 14.1. The Morgan fingerprint density at radius 2 is 1.64 bits per heavy atom. The SMILES string of the molecule is CCOCCOC(=O)C1=C(C)NC2=C(C(=O)C[C@@H](c3ccc(OC)c(OC)c3)C2)[C@@H]1c1ccccc1OCc1ccccc1. The summed E-state index contributed by atoms with van der Waals surface area (Å²) in [7, 11) is 3.20. The summed E-state index contributed by atoms with van der Waals surface area (Å²) in [6.07, 6.45) is 0.870. The van der Waals surface area contributed by atoms with Gasteiger partial charge in [0, 0.05) is 35.6 Å². The van der Waals surface area contributed by atoms with Crippen LogP contribution in [0.4, 0.5) is 0 Å². The number of para-hydroxylation sites is 1. The molecule has 8 nitrogen and oxygen atoms in total. The molecule has 0 amide bonds. The van der Waals surface area contributed by atoms with Gasteiger partial charge < -0.3 is 29.0 Å². The number of ether oxygens (including phenoxy) is 5. The molecule has 0 bridgehead atoms. The van der Waals surface area contributed by atoms with Crippen LogP contribution in [-0.2, 0) is 25.7 Å². The van der Waals surface area contributed by atoms with Crippen LogP contribution >= 0.6 is 0 Å². The predicted octanol–water partition coefficient (Wildman–Crippen LogP) is 6.22. The molecular weight excluding hydrogens is 558 g/mol. The Hall–Kier alpha value is -4.56. The number of carbonyl (C=O) groups excluding carboxylic acids is 2. The quantitative estimate of drug-likeness (QED) is 0.194. The fourth-order valence-corrected chi connectivity index (χ4v) is 5.96. The second-order valence-corrected chi connectivity index (χ2v) is 10.8. The van der Waals surface area contributed by atoms with Crippen LogP contribution in [-0.4, -0.2) is 45.8 Å². The van der Waals surface area contributed by atoms with Gasteiger partial charge in [-0.25, -0.2) is 4.79 Å². The number of benzene rings is 3. The minimum absolute atomic E-state index is 0.0338. The molecule has 8 heteroatoms. The van der Waals surface area contributed by atoms with Crippen LogP contribution in [0.3, 0.4) is 0 Å². The number of dihydropyridines is 1. The number of methoxy groups -OCH3 is 2. The van der Waals surface area contributed by atoms with Crippen LogP contribution in [0.15, 0.2) is 95.3 Å². The second-order valence-electron chi connectivity index (χ2n) is 10.8. The topological polar surface area (TPSA) is 92.3 Å². The highest BCUT2D eigenvalue weighted by Gasteiger charge is 2.42. The van der Waals surface area contributed by atoms with Gasteiger partial charge >= 0.3 is 5.97 Å². The van der Waals surface area contributed by atoms with E-state index in [0.29, 0.717) is 60.3 Å². The van der Waals surface area contributed by atoms with Gasteiger partial charge in [-0.3, -0.25) is 4.79 Å². The van der Waals surface area contributed by atoms with Gasteiger partial charge in [-0.1, -0.05) is 54.6 Å². The molecule has 5 rings (SSSR count). The van der Waals surface area contributed by atoms with Crippen molar-refractivity contribution in [2.45, 2.75) is 45.1 Å². The van der Waals surface area contributed by atoms with Crippen molar-refractivity contribution in [3.63, 3.8) is 0 Å². The molecule has 2 aliphatic rings. The lowest BCUT2D eigenvalue weighted by atomic mass is 9.71. The number of hydrogen-bond acceptors (Lipinski definition) is 8. The molecule has 44 heavy (non-hydrogen) atoms. The molecule has 3 aromatic carbocycles. The molecule has 1 aliphatic carbocycles. The van der Waals surface area contributed by atoms with E-state index in [1.807, 2.05) is 86.6 Å². The zero-order valence-electron chi connectivity index (χ0n) is 25.7. The molecule has 0 saturated carbocycles. The lowest BCUT2D eigenvalue weighted by Crippen LogP contribution is -2.36. The minimum Gasteiger partial charge on any atom is -0.493 e. The Kier molecular flexibility index (Phi) is 10.0. The van der Waals surface area contributed by atoms with Gasteiger partial charge in [0.15, 0.2) is 17.3 Å². The fourth-order valence-electron chi connectivity index (χ4n) is 5.96. The average Bonchev–Trinajstić information content (AvgIpc) is 3.05. The molecule has 0 aromatic heterocycles. The highest BCUT2D eigenvalue weighted by atomic mass is 16.6. The van der Waals surface area contributed by atoms with E-state index in [1.165, 1.54) is 0 Å². The van der Waals surface area contributed by atoms with E-state index in [4.69, 9.17) is 23.7 Å². The zero-order valence-corrected chi connectivity index (χ0v) is 25.7. The molecule has 0 fully saturated rings. The van der Waals surface area contributed by atoms with E-state index in [9.17, 15) is 9.59 Å². The summed E-state index contributed by atoms with van der Waals surface area (Å²) in [5.41, 5.74) is 5.15. The summed E-state index contributed by atoms with van der Waals surface area (Å²) >= 11 is 0. The Labute approximate surface area is 258 Å².